The van der Waals surface area contributed by atoms with Gasteiger partial charge in [-0.1, -0.05) is 44.8 Å². The third-order valence-electron chi connectivity index (χ3n) is 4.25. The van der Waals surface area contributed by atoms with Gasteiger partial charge < -0.3 is 0 Å². The van der Waals surface area contributed by atoms with Gasteiger partial charge in [-0.05, 0) is 50.9 Å². The first-order chi connectivity index (χ1) is 7.21. The van der Waals surface area contributed by atoms with Crippen molar-refractivity contribution in [3.63, 3.8) is 0 Å². The van der Waals surface area contributed by atoms with Crippen LogP contribution in [0.2, 0.25) is 0 Å². The third-order valence-corrected chi connectivity index (χ3v) is 4.25. The van der Waals surface area contributed by atoms with Crippen molar-refractivity contribution in [2.45, 2.75) is 66.2 Å². The highest BCUT2D eigenvalue weighted by atomic mass is 14.4. The lowest BCUT2D eigenvalue weighted by Gasteiger charge is -2.18. The quantitative estimate of drug-likeness (QED) is 0.545. The van der Waals surface area contributed by atoms with Crippen molar-refractivity contribution >= 4 is 0 Å². The fraction of sp³-hybridized carbons (Fsp3) is 0.867. The van der Waals surface area contributed by atoms with Crippen LogP contribution in [-0.2, 0) is 0 Å². The smallest absolute Gasteiger partial charge is 0.0292 e. The van der Waals surface area contributed by atoms with Gasteiger partial charge in [0.1, 0.15) is 0 Å². The molecular weight excluding hydrogens is 180 g/mol. The molecule has 15 heavy (non-hydrogen) atoms. The van der Waals surface area contributed by atoms with Crippen LogP contribution in [0.25, 0.3) is 0 Å². The van der Waals surface area contributed by atoms with Crippen LogP contribution in [0.5, 0.6) is 0 Å². The van der Waals surface area contributed by atoms with Crippen LogP contribution in [0.4, 0.5) is 0 Å². The van der Waals surface area contributed by atoms with Gasteiger partial charge in [-0.3, -0.25) is 0 Å². The van der Waals surface area contributed by atoms with E-state index in [-0.39, 0.29) is 0 Å². The Morgan fingerprint density at radius 2 is 1.87 bits per heavy atom. The summed E-state index contributed by atoms with van der Waals surface area (Å²) in [5, 5.41) is 0. The van der Waals surface area contributed by atoms with Crippen LogP contribution in [-0.4, -0.2) is 0 Å². The number of hydrogen-bond acceptors (Lipinski definition) is 0. The van der Waals surface area contributed by atoms with E-state index in [4.69, 9.17) is 0 Å². The highest BCUT2D eigenvalue weighted by Crippen LogP contribution is 2.43. The first kappa shape index (κ1) is 12.8. The minimum atomic E-state index is 0.992. The minimum Gasteiger partial charge on any atom is -0.0887 e. The van der Waals surface area contributed by atoms with Crippen LogP contribution in [0.15, 0.2) is 11.6 Å². The lowest BCUT2D eigenvalue weighted by molar-refractivity contribution is 0.358. The lowest BCUT2D eigenvalue weighted by Crippen LogP contribution is -2.07. The maximum Gasteiger partial charge on any atom is -0.0292 e. The van der Waals surface area contributed by atoms with Gasteiger partial charge in [0.15, 0.2) is 0 Å². The van der Waals surface area contributed by atoms with Gasteiger partial charge in [0.2, 0.25) is 0 Å². The Kier molecular flexibility index (Phi) is 5.42. The molecule has 88 valence electrons. The van der Waals surface area contributed by atoms with Crippen molar-refractivity contribution in [1.82, 2.24) is 0 Å². The Morgan fingerprint density at radius 1 is 1.20 bits per heavy atom. The molecule has 3 atom stereocenters. The molecule has 0 nitrogen and oxygen atoms in total. The SMILES string of the molecule is CC=C(C)CC1CC(CC)CC1CCC. The predicted molar refractivity (Wildman–Crippen MR) is 69.0 cm³/mol. The van der Waals surface area contributed by atoms with Crippen LogP contribution < -0.4 is 0 Å². The van der Waals surface area contributed by atoms with Crippen LogP contribution >= 0.6 is 0 Å². The van der Waals surface area contributed by atoms with Gasteiger partial charge in [0.25, 0.3) is 0 Å². The van der Waals surface area contributed by atoms with Gasteiger partial charge in [0.05, 0.1) is 0 Å². The molecule has 0 N–H and O–H groups in total. The highest BCUT2D eigenvalue weighted by Gasteiger charge is 2.32. The largest absolute Gasteiger partial charge is 0.0887 e. The summed E-state index contributed by atoms with van der Waals surface area (Å²) < 4.78 is 0. The zero-order chi connectivity index (χ0) is 11.3. The Bertz CT molecular complexity index is 202. The van der Waals surface area contributed by atoms with Gasteiger partial charge in [-0.15, -0.1) is 0 Å². The molecule has 1 fully saturated rings. The van der Waals surface area contributed by atoms with Crippen molar-refractivity contribution in [2.75, 3.05) is 0 Å². The van der Waals surface area contributed by atoms with E-state index in [2.05, 4.69) is 33.8 Å². The second-order valence-corrected chi connectivity index (χ2v) is 5.39. The molecule has 0 saturated heterocycles. The molecule has 1 aliphatic rings. The van der Waals surface area contributed by atoms with Crippen LogP contribution in [0, 0.1) is 17.8 Å². The van der Waals surface area contributed by atoms with E-state index >= 15 is 0 Å². The first-order valence-corrected chi connectivity index (χ1v) is 6.82. The fourth-order valence-corrected chi connectivity index (χ4v) is 3.18. The monoisotopic (exact) mass is 208 g/mol. The molecule has 0 heterocycles. The summed E-state index contributed by atoms with van der Waals surface area (Å²) >= 11 is 0. The lowest BCUT2D eigenvalue weighted by atomic mass is 9.87. The van der Waals surface area contributed by atoms with Gasteiger partial charge >= 0.3 is 0 Å². The molecule has 1 aliphatic carbocycles. The maximum atomic E-state index is 2.36. The Balaban J connectivity index is 2.52. The van der Waals surface area contributed by atoms with Gasteiger partial charge in [-0.25, -0.2) is 0 Å². The standard InChI is InChI=1S/C15H28/c1-5-8-14-10-13(7-3)11-15(14)9-12(4)6-2/h6,13-15H,5,7-11H2,1-4H3. The van der Waals surface area contributed by atoms with Crippen molar-refractivity contribution in [2.24, 2.45) is 17.8 Å². The van der Waals surface area contributed by atoms with Crippen LogP contribution in [0.1, 0.15) is 66.2 Å². The number of hydrogen-bond donors (Lipinski definition) is 0. The molecule has 0 aromatic rings. The van der Waals surface area contributed by atoms with Crippen molar-refractivity contribution < 1.29 is 0 Å². The molecule has 3 unspecified atom stereocenters. The molecule has 0 bridgehead atoms. The Morgan fingerprint density at radius 3 is 2.40 bits per heavy atom. The van der Waals surface area contributed by atoms with E-state index in [1.807, 2.05) is 0 Å². The zero-order valence-corrected chi connectivity index (χ0v) is 11.1. The van der Waals surface area contributed by atoms with Gasteiger partial charge in [-0.2, -0.15) is 0 Å². The molecule has 0 aromatic heterocycles. The summed E-state index contributed by atoms with van der Waals surface area (Å²) in [5.74, 6) is 3.04. The highest BCUT2D eigenvalue weighted by molar-refractivity contribution is 5.00. The number of rotatable bonds is 5. The van der Waals surface area contributed by atoms with Crippen molar-refractivity contribution in [3.8, 4) is 0 Å². The third kappa shape index (κ3) is 3.66. The molecule has 0 aliphatic heterocycles. The first-order valence-electron chi connectivity index (χ1n) is 6.82. The fourth-order valence-electron chi connectivity index (χ4n) is 3.18. The summed E-state index contributed by atoms with van der Waals surface area (Å²) in [5.41, 5.74) is 1.60. The molecule has 1 rings (SSSR count). The van der Waals surface area contributed by atoms with Crippen molar-refractivity contribution in [3.05, 3.63) is 11.6 Å². The normalized spacial score (nSPS) is 32.3. The van der Waals surface area contributed by atoms with E-state index in [0.717, 1.165) is 17.8 Å². The van der Waals surface area contributed by atoms with Crippen LogP contribution in [0.3, 0.4) is 0 Å². The summed E-state index contributed by atoms with van der Waals surface area (Å²) in [6.07, 6.45) is 10.9. The average Bonchev–Trinajstić information content (AvgIpc) is 2.61. The summed E-state index contributed by atoms with van der Waals surface area (Å²) in [7, 11) is 0. The molecule has 0 aromatic carbocycles. The Hall–Kier alpha value is -0.260. The summed E-state index contributed by atoms with van der Waals surface area (Å²) in [6.45, 7) is 9.16. The summed E-state index contributed by atoms with van der Waals surface area (Å²) in [4.78, 5) is 0. The molecule has 1 saturated carbocycles. The van der Waals surface area contributed by atoms with E-state index in [1.54, 1.807) is 5.57 Å². The minimum absolute atomic E-state index is 0.992. The zero-order valence-electron chi connectivity index (χ0n) is 11.1. The van der Waals surface area contributed by atoms with E-state index in [1.165, 1.54) is 38.5 Å². The summed E-state index contributed by atoms with van der Waals surface area (Å²) in [6, 6.07) is 0. The number of allylic oxidation sites excluding steroid dienone is 2. The molecule has 0 radical (unpaired) electrons. The molecule has 0 amide bonds. The van der Waals surface area contributed by atoms with E-state index < -0.39 is 0 Å². The van der Waals surface area contributed by atoms with E-state index in [9.17, 15) is 0 Å². The van der Waals surface area contributed by atoms with Crippen molar-refractivity contribution in [1.29, 1.82) is 0 Å². The van der Waals surface area contributed by atoms with E-state index in [0.29, 0.717) is 0 Å². The second-order valence-electron chi connectivity index (χ2n) is 5.39. The average molecular weight is 208 g/mol. The molecule has 0 spiro atoms. The molecule has 0 heteroatoms. The topological polar surface area (TPSA) is 0 Å². The molecular formula is C15H28. The maximum absolute atomic E-state index is 2.36. The van der Waals surface area contributed by atoms with Gasteiger partial charge in [0, 0.05) is 0 Å². The predicted octanol–water partition coefficient (Wildman–Crippen LogP) is 5.20. The Labute approximate surface area is 96.2 Å². The second kappa shape index (κ2) is 6.35.